The molecule has 6 rings (SSSR count). The summed E-state index contributed by atoms with van der Waals surface area (Å²) in [7, 11) is 0. The van der Waals surface area contributed by atoms with Crippen molar-refractivity contribution in [3.05, 3.63) is 64.4 Å². The van der Waals surface area contributed by atoms with Gasteiger partial charge in [0.15, 0.2) is 17.0 Å². The lowest BCUT2D eigenvalue weighted by molar-refractivity contribution is 0.534. The van der Waals surface area contributed by atoms with Gasteiger partial charge in [0.2, 0.25) is 0 Å². The molecule has 2 fully saturated rings. The van der Waals surface area contributed by atoms with Gasteiger partial charge < -0.3 is 14.4 Å². The summed E-state index contributed by atoms with van der Waals surface area (Å²) in [6.45, 7) is 3.63. The fourth-order valence-corrected chi connectivity index (χ4v) is 5.66. The molecule has 1 saturated heterocycles. The summed E-state index contributed by atoms with van der Waals surface area (Å²) in [5.41, 5.74) is 4.19. The molecule has 1 aliphatic heterocycles. The van der Waals surface area contributed by atoms with E-state index in [4.69, 9.17) is 26.6 Å². The standard InChI is InChI=1S/C26H26BrClN6/c27-19-7-5-18(6-8-19)24-31-23-25(29-17-30-26(23)34(24)22-3-1-2-4-22)33-15-13-32(14-16-33)21-11-9-20(28)10-12-21/h5-12,17,22H,1-4,13-16H2. The number of hydrogen-bond acceptors (Lipinski definition) is 5. The Bertz CT molecular complexity index is 1290. The molecule has 0 bridgehead atoms. The van der Waals surface area contributed by atoms with E-state index in [0.29, 0.717) is 6.04 Å². The van der Waals surface area contributed by atoms with Gasteiger partial charge in [-0.15, -0.1) is 0 Å². The number of hydrogen-bond donors (Lipinski definition) is 0. The quantitative estimate of drug-likeness (QED) is 0.304. The molecule has 174 valence electrons. The van der Waals surface area contributed by atoms with Crippen molar-refractivity contribution in [2.75, 3.05) is 36.0 Å². The molecule has 34 heavy (non-hydrogen) atoms. The predicted octanol–water partition coefficient (Wildman–Crippen LogP) is 6.35. The van der Waals surface area contributed by atoms with Gasteiger partial charge in [-0.25, -0.2) is 15.0 Å². The molecule has 0 spiro atoms. The zero-order valence-corrected chi connectivity index (χ0v) is 21.2. The van der Waals surface area contributed by atoms with Gasteiger partial charge in [0.05, 0.1) is 0 Å². The molecule has 2 aromatic carbocycles. The lowest BCUT2D eigenvalue weighted by atomic mass is 10.2. The van der Waals surface area contributed by atoms with Crippen molar-refractivity contribution >= 4 is 50.2 Å². The van der Waals surface area contributed by atoms with E-state index < -0.39 is 0 Å². The fourth-order valence-electron chi connectivity index (χ4n) is 5.27. The zero-order chi connectivity index (χ0) is 23.1. The first-order chi connectivity index (χ1) is 16.7. The summed E-state index contributed by atoms with van der Waals surface area (Å²) >= 11 is 9.63. The van der Waals surface area contributed by atoms with Crippen molar-refractivity contribution in [2.24, 2.45) is 0 Å². The van der Waals surface area contributed by atoms with Crippen LogP contribution in [0.4, 0.5) is 11.5 Å². The second kappa shape index (κ2) is 9.19. The molecule has 2 aliphatic rings. The van der Waals surface area contributed by atoms with E-state index in [0.717, 1.165) is 64.0 Å². The Morgan fingerprint density at radius 1 is 0.824 bits per heavy atom. The van der Waals surface area contributed by atoms with E-state index in [-0.39, 0.29) is 0 Å². The highest BCUT2D eigenvalue weighted by atomic mass is 79.9. The Morgan fingerprint density at radius 2 is 1.50 bits per heavy atom. The predicted molar refractivity (Wildman–Crippen MR) is 142 cm³/mol. The topological polar surface area (TPSA) is 50.1 Å². The van der Waals surface area contributed by atoms with Crippen molar-refractivity contribution in [3.8, 4) is 11.4 Å². The minimum absolute atomic E-state index is 0.438. The molecular weight excluding hydrogens is 512 g/mol. The third-order valence-electron chi connectivity index (χ3n) is 7.02. The number of benzene rings is 2. The molecule has 0 N–H and O–H groups in total. The minimum Gasteiger partial charge on any atom is -0.368 e. The highest BCUT2D eigenvalue weighted by Crippen LogP contribution is 2.38. The summed E-state index contributed by atoms with van der Waals surface area (Å²) in [4.78, 5) is 19.4. The van der Waals surface area contributed by atoms with E-state index in [1.54, 1.807) is 6.33 Å². The Labute approximate surface area is 212 Å². The van der Waals surface area contributed by atoms with E-state index in [1.165, 1.54) is 31.4 Å². The second-order valence-electron chi connectivity index (χ2n) is 9.07. The van der Waals surface area contributed by atoms with E-state index in [1.807, 2.05) is 12.1 Å². The molecule has 4 aromatic rings. The monoisotopic (exact) mass is 536 g/mol. The molecule has 0 atom stereocenters. The van der Waals surface area contributed by atoms with Crippen molar-refractivity contribution in [3.63, 3.8) is 0 Å². The fraction of sp³-hybridized carbons (Fsp3) is 0.346. The van der Waals surface area contributed by atoms with Crippen molar-refractivity contribution < 1.29 is 0 Å². The van der Waals surface area contributed by atoms with Crippen LogP contribution in [0.15, 0.2) is 59.3 Å². The van der Waals surface area contributed by atoms with Crippen molar-refractivity contribution in [2.45, 2.75) is 31.7 Å². The lowest BCUT2D eigenvalue weighted by Crippen LogP contribution is -2.47. The van der Waals surface area contributed by atoms with Crippen LogP contribution in [0.3, 0.4) is 0 Å². The molecule has 1 aliphatic carbocycles. The first-order valence-electron chi connectivity index (χ1n) is 11.9. The number of imidazole rings is 1. The van der Waals surface area contributed by atoms with Gasteiger partial charge in [0.1, 0.15) is 12.2 Å². The molecular formula is C26H26BrClN6. The number of piperazine rings is 1. The molecule has 8 heteroatoms. The van der Waals surface area contributed by atoms with Crippen LogP contribution in [0.2, 0.25) is 5.02 Å². The average molecular weight is 538 g/mol. The van der Waals surface area contributed by atoms with Gasteiger partial charge in [-0.3, -0.25) is 0 Å². The lowest BCUT2D eigenvalue weighted by Gasteiger charge is -2.36. The Morgan fingerprint density at radius 3 is 2.21 bits per heavy atom. The molecule has 6 nitrogen and oxygen atoms in total. The highest BCUT2D eigenvalue weighted by Gasteiger charge is 2.28. The van der Waals surface area contributed by atoms with E-state index in [2.05, 4.69) is 66.7 Å². The first kappa shape index (κ1) is 21.9. The van der Waals surface area contributed by atoms with Gasteiger partial charge in [-0.2, -0.15) is 0 Å². The van der Waals surface area contributed by atoms with Crippen molar-refractivity contribution in [1.29, 1.82) is 0 Å². The molecule has 0 unspecified atom stereocenters. The molecule has 0 amide bonds. The average Bonchev–Trinajstić information content (AvgIpc) is 3.53. The van der Waals surface area contributed by atoms with Gasteiger partial charge in [0.25, 0.3) is 0 Å². The van der Waals surface area contributed by atoms with Gasteiger partial charge in [0, 0.05) is 53.0 Å². The third-order valence-corrected chi connectivity index (χ3v) is 7.80. The minimum atomic E-state index is 0.438. The number of nitrogens with zero attached hydrogens (tertiary/aromatic N) is 6. The van der Waals surface area contributed by atoms with Crippen LogP contribution >= 0.6 is 27.5 Å². The zero-order valence-electron chi connectivity index (χ0n) is 18.9. The van der Waals surface area contributed by atoms with Gasteiger partial charge in [-0.1, -0.05) is 52.5 Å². The molecule has 2 aromatic heterocycles. The Hall–Kier alpha value is -2.64. The van der Waals surface area contributed by atoms with Crippen LogP contribution in [0, 0.1) is 0 Å². The largest absolute Gasteiger partial charge is 0.368 e. The summed E-state index contributed by atoms with van der Waals surface area (Å²) < 4.78 is 3.44. The van der Waals surface area contributed by atoms with Crippen LogP contribution in [0.25, 0.3) is 22.6 Å². The summed E-state index contributed by atoms with van der Waals surface area (Å²) in [6.07, 6.45) is 6.58. The van der Waals surface area contributed by atoms with Crippen LogP contribution in [-0.2, 0) is 0 Å². The van der Waals surface area contributed by atoms with Crippen LogP contribution in [0.5, 0.6) is 0 Å². The third kappa shape index (κ3) is 4.05. The highest BCUT2D eigenvalue weighted by molar-refractivity contribution is 9.10. The molecule has 0 radical (unpaired) electrons. The molecule has 1 saturated carbocycles. The van der Waals surface area contributed by atoms with Crippen LogP contribution in [0.1, 0.15) is 31.7 Å². The first-order valence-corrected chi connectivity index (χ1v) is 13.1. The maximum atomic E-state index is 6.07. The molecule has 3 heterocycles. The van der Waals surface area contributed by atoms with Gasteiger partial charge in [-0.05, 0) is 49.2 Å². The maximum absolute atomic E-state index is 6.07. The maximum Gasteiger partial charge on any atom is 0.166 e. The smallest absolute Gasteiger partial charge is 0.166 e. The van der Waals surface area contributed by atoms with E-state index in [9.17, 15) is 0 Å². The number of anilines is 2. The number of rotatable bonds is 4. The Balaban J connectivity index is 1.35. The summed E-state index contributed by atoms with van der Waals surface area (Å²) in [5, 5.41) is 0.769. The summed E-state index contributed by atoms with van der Waals surface area (Å²) in [5.74, 6) is 1.94. The number of halogens is 2. The number of aromatic nitrogens is 4. The van der Waals surface area contributed by atoms with Crippen molar-refractivity contribution in [1.82, 2.24) is 19.5 Å². The van der Waals surface area contributed by atoms with E-state index >= 15 is 0 Å². The van der Waals surface area contributed by atoms with Crippen LogP contribution < -0.4 is 9.80 Å². The second-order valence-corrected chi connectivity index (χ2v) is 10.4. The van der Waals surface area contributed by atoms with Gasteiger partial charge >= 0.3 is 0 Å². The van der Waals surface area contributed by atoms with Crippen LogP contribution in [-0.4, -0.2) is 45.7 Å². The number of fused-ring (bicyclic) bond motifs is 1. The summed E-state index contributed by atoms with van der Waals surface area (Å²) in [6, 6.07) is 17.0. The Kier molecular flexibility index (Phi) is 5.91. The SMILES string of the molecule is Clc1ccc(N2CCN(c3ncnc4c3nc(-c3ccc(Br)cc3)n4C3CCCC3)CC2)cc1. The normalized spacial score (nSPS) is 17.1.